The lowest BCUT2D eigenvalue weighted by atomic mass is 10.1. The molecule has 21 heavy (non-hydrogen) atoms. The minimum absolute atomic E-state index is 0.154. The van der Waals surface area contributed by atoms with Crippen molar-refractivity contribution in [2.75, 3.05) is 13.7 Å². The third-order valence-corrected chi connectivity index (χ3v) is 3.91. The van der Waals surface area contributed by atoms with Gasteiger partial charge in [0.05, 0.1) is 19.9 Å². The van der Waals surface area contributed by atoms with Crippen LogP contribution in [-0.2, 0) is 6.54 Å². The molecule has 0 aliphatic heterocycles. The molecule has 5 heteroatoms. The minimum atomic E-state index is 0.154. The molecule has 3 rings (SSSR count). The molecule has 2 heterocycles. The summed E-state index contributed by atoms with van der Waals surface area (Å²) in [5.41, 5.74) is 7.16. The maximum absolute atomic E-state index is 6.04. The van der Waals surface area contributed by atoms with E-state index in [2.05, 4.69) is 9.88 Å². The first-order valence-electron chi connectivity index (χ1n) is 7.30. The number of nitrogens with zero attached hydrogens (tertiary/aromatic N) is 2. The van der Waals surface area contributed by atoms with E-state index in [0.717, 1.165) is 17.9 Å². The first-order chi connectivity index (χ1) is 10.3. The van der Waals surface area contributed by atoms with E-state index >= 15 is 0 Å². The van der Waals surface area contributed by atoms with Gasteiger partial charge in [-0.3, -0.25) is 4.90 Å². The number of rotatable bonds is 7. The zero-order chi connectivity index (χ0) is 14.7. The van der Waals surface area contributed by atoms with Crippen LogP contribution < -0.4 is 10.5 Å². The molecule has 1 fully saturated rings. The Kier molecular flexibility index (Phi) is 4.22. The Labute approximate surface area is 124 Å². The molecule has 5 nitrogen and oxygen atoms in total. The van der Waals surface area contributed by atoms with Gasteiger partial charge in [0.25, 0.3) is 0 Å². The van der Waals surface area contributed by atoms with E-state index in [4.69, 9.17) is 14.9 Å². The highest BCUT2D eigenvalue weighted by Crippen LogP contribution is 2.35. The number of hydrogen-bond donors (Lipinski definition) is 1. The van der Waals surface area contributed by atoms with Crippen LogP contribution in [0, 0.1) is 0 Å². The summed E-state index contributed by atoms with van der Waals surface area (Å²) in [5, 5.41) is 0. The van der Waals surface area contributed by atoms with Crippen molar-refractivity contribution in [3.05, 3.63) is 48.0 Å². The SMILES string of the molecule is COc1ccc(C(CN)N(Cc2ccco2)C2CC2)cn1. The molecule has 112 valence electrons. The van der Waals surface area contributed by atoms with E-state index in [9.17, 15) is 0 Å². The number of nitrogens with two attached hydrogens (primary N) is 1. The molecule has 0 spiro atoms. The van der Waals surface area contributed by atoms with Crippen LogP contribution in [-0.4, -0.2) is 29.6 Å². The Bertz CT molecular complexity index is 549. The molecule has 0 radical (unpaired) electrons. The van der Waals surface area contributed by atoms with Gasteiger partial charge in [0.2, 0.25) is 5.88 Å². The van der Waals surface area contributed by atoms with Gasteiger partial charge < -0.3 is 14.9 Å². The average molecular weight is 287 g/mol. The second kappa shape index (κ2) is 6.28. The van der Waals surface area contributed by atoms with Crippen molar-refractivity contribution in [2.45, 2.75) is 31.5 Å². The highest BCUT2D eigenvalue weighted by atomic mass is 16.5. The Morgan fingerprint density at radius 2 is 2.29 bits per heavy atom. The largest absolute Gasteiger partial charge is 0.481 e. The molecule has 0 amide bonds. The minimum Gasteiger partial charge on any atom is -0.481 e. The van der Waals surface area contributed by atoms with Gasteiger partial charge in [0, 0.05) is 30.9 Å². The van der Waals surface area contributed by atoms with E-state index in [-0.39, 0.29) is 6.04 Å². The molecule has 1 atom stereocenters. The topological polar surface area (TPSA) is 64.5 Å². The van der Waals surface area contributed by atoms with Gasteiger partial charge in [-0.05, 0) is 30.5 Å². The summed E-state index contributed by atoms with van der Waals surface area (Å²) in [6.07, 6.45) is 6.02. The lowest BCUT2D eigenvalue weighted by Gasteiger charge is -2.30. The summed E-state index contributed by atoms with van der Waals surface area (Å²) in [4.78, 5) is 6.72. The van der Waals surface area contributed by atoms with Gasteiger partial charge in [-0.2, -0.15) is 0 Å². The van der Waals surface area contributed by atoms with Crippen molar-refractivity contribution in [3.8, 4) is 5.88 Å². The Morgan fingerprint density at radius 1 is 1.43 bits per heavy atom. The lowest BCUT2D eigenvalue weighted by molar-refractivity contribution is 0.167. The smallest absolute Gasteiger partial charge is 0.212 e. The first-order valence-corrected chi connectivity index (χ1v) is 7.30. The quantitative estimate of drug-likeness (QED) is 0.847. The van der Waals surface area contributed by atoms with Crippen LogP contribution in [0.1, 0.15) is 30.2 Å². The van der Waals surface area contributed by atoms with Gasteiger partial charge in [0.1, 0.15) is 5.76 Å². The molecule has 1 saturated carbocycles. The number of pyridine rings is 1. The fourth-order valence-corrected chi connectivity index (χ4v) is 2.65. The molecular formula is C16H21N3O2. The van der Waals surface area contributed by atoms with Crippen molar-refractivity contribution in [3.63, 3.8) is 0 Å². The Morgan fingerprint density at radius 3 is 2.81 bits per heavy atom. The van der Waals surface area contributed by atoms with Crippen molar-refractivity contribution in [1.82, 2.24) is 9.88 Å². The van der Waals surface area contributed by atoms with Gasteiger partial charge >= 0.3 is 0 Å². The predicted octanol–water partition coefficient (Wildman–Crippen LogP) is 2.35. The van der Waals surface area contributed by atoms with Gasteiger partial charge in [-0.1, -0.05) is 6.07 Å². The number of aromatic nitrogens is 1. The van der Waals surface area contributed by atoms with E-state index in [1.807, 2.05) is 30.5 Å². The second-order valence-corrected chi connectivity index (χ2v) is 5.37. The van der Waals surface area contributed by atoms with Crippen LogP contribution in [0.5, 0.6) is 5.88 Å². The van der Waals surface area contributed by atoms with E-state index in [0.29, 0.717) is 18.5 Å². The van der Waals surface area contributed by atoms with Crippen LogP contribution in [0.15, 0.2) is 41.1 Å². The van der Waals surface area contributed by atoms with Crippen LogP contribution in [0.3, 0.4) is 0 Å². The molecule has 2 N–H and O–H groups in total. The van der Waals surface area contributed by atoms with Gasteiger partial charge in [-0.15, -0.1) is 0 Å². The van der Waals surface area contributed by atoms with Crippen LogP contribution in [0.25, 0.3) is 0 Å². The predicted molar refractivity (Wildman–Crippen MR) is 79.9 cm³/mol. The first kappa shape index (κ1) is 14.1. The normalized spacial score (nSPS) is 16.1. The third-order valence-electron chi connectivity index (χ3n) is 3.91. The van der Waals surface area contributed by atoms with Crippen molar-refractivity contribution >= 4 is 0 Å². The summed E-state index contributed by atoms with van der Waals surface area (Å²) in [7, 11) is 1.62. The van der Waals surface area contributed by atoms with Crippen LogP contribution >= 0.6 is 0 Å². The summed E-state index contributed by atoms with van der Waals surface area (Å²) in [6, 6.07) is 8.60. The van der Waals surface area contributed by atoms with Gasteiger partial charge in [0.15, 0.2) is 0 Å². The number of methoxy groups -OCH3 is 1. The van der Waals surface area contributed by atoms with E-state index < -0.39 is 0 Å². The number of ether oxygens (including phenoxy) is 1. The van der Waals surface area contributed by atoms with Crippen molar-refractivity contribution < 1.29 is 9.15 Å². The number of hydrogen-bond acceptors (Lipinski definition) is 5. The van der Waals surface area contributed by atoms with Crippen molar-refractivity contribution in [2.24, 2.45) is 5.73 Å². The summed E-state index contributed by atoms with van der Waals surface area (Å²) in [6.45, 7) is 1.34. The Balaban J connectivity index is 1.80. The molecule has 1 aliphatic rings. The zero-order valence-electron chi connectivity index (χ0n) is 12.2. The summed E-state index contributed by atoms with van der Waals surface area (Å²) >= 11 is 0. The molecule has 2 aromatic rings. The molecular weight excluding hydrogens is 266 g/mol. The molecule has 0 saturated heterocycles. The fraction of sp³-hybridized carbons (Fsp3) is 0.438. The monoisotopic (exact) mass is 287 g/mol. The maximum Gasteiger partial charge on any atom is 0.212 e. The van der Waals surface area contributed by atoms with Crippen molar-refractivity contribution in [1.29, 1.82) is 0 Å². The van der Waals surface area contributed by atoms with Gasteiger partial charge in [-0.25, -0.2) is 4.98 Å². The lowest BCUT2D eigenvalue weighted by Crippen LogP contribution is -2.35. The summed E-state index contributed by atoms with van der Waals surface area (Å²) < 4.78 is 10.6. The molecule has 0 bridgehead atoms. The van der Waals surface area contributed by atoms with Crippen LogP contribution in [0.4, 0.5) is 0 Å². The average Bonchev–Trinajstić information content (AvgIpc) is 3.25. The summed E-state index contributed by atoms with van der Waals surface area (Å²) in [5.74, 6) is 1.60. The standard InChI is InChI=1S/C16H21N3O2/c1-20-16-7-4-12(10-18-16)15(9-17)19(13-5-6-13)11-14-3-2-8-21-14/h2-4,7-8,10,13,15H,5-6,9,11,17H2,1H3. The Hall–Kier alpha value is -1.85. The molecule has 2 aromatic heterocycles. The number of furan rings is 1. The molecule has 1 aliphatic carbocycles. The van der Waals surface area contributed by atoms with Crippen LogP contribution in [0.2, 0.25) is 0 Å². The fourth-order valence-electron chi connectivity index (χ4n) is 2.65. The highest BCUT2D eigenvalue weighted by Gasteiger charge is 2.34. The third kappa shape index (κ3) is 3.25. The van der Waals surface area contributed by atoms with E-state index in [1.165, 1.54) is 12.8 Å². The van der Waals surface area contributed by atoms with E-state index in [1.54, 1.807) is 13.4 Å². The maximum atomic E-state index is 6.04. The molecule has 1 unspecified atom stereocenters. The zero-order valence-corrected chi connectivity index (χ0v) is 12.2. The second-order valence-electron chi connectivity index (χ2n) is 5.37. The highest BCUT2D eigenvalue weighted by molar-refractivity contribution is 5.22. The molecule has 0 aromatic carbocycles.